The van der Waals surface area contributed by atoms with E-state index in [9.17, 15) is 0 Å². The molecule has 4 heteroatoms. The third-order valence-corrected chi connectivity index (χ3v) is 2.60. The molecule has 1 unspecified atom stereocenters. The molecule has 17 heavy (non-hydrogen) atoms. The van der Waals surface area contributed by atoms with Gasteiger partial charge in [-0.3, -0.25) is 0 Å². The van der Waals surface area contributed by atoms with E-state index < -0.39 is 0 Å². The highest BCUT2D eigenvalue weighted by molar-refractivity contribution is 5.35. The molecule has 0 radical (unpaired) electrons. The summed E-state index contributed by atoms with van der Waals surface area (Å²) in [6.45, 7) is 9.36. The maximum absolute atomic E-state index is 6.01. The molecule has 1 heterocycles. The Hall–Kier alpha value is -1.16. The molecule has 0 fully saturated rings. The van der Waals surface area contributed by atoms with Crippen molar-refractivity contribution in [2.24, 2.45) is 11.7 Å². The number of aromatic nitrogens is 2. The molecule has 1 aromatic heterocycles. The summed E-state index contributed by atoms with van der Waals surface area (Å²) >= 11 is 0. The van der Waals surface area contributed by atoms with Crippen molar-refractivity contribution < 1.29 is 0 Å². The Morgan fingerprint density at radius 3 is 2.53 bits per heavy atom. The maximum Gasteiger partial charge on any atom is 0.129 e. The number of nitrogens with two attached hydrogens (primary N) is 1. The van der Waals surface area contributed by atoms with Gasteiger partial charge in [0, 0.05) is 24.3 Å². The fourth-order valence-corrected chi connectivity index (χ4v) is 1.71. The first kappa shape index (κ1) is 13.9. The number of nitrogens with zero attached hydrogens (tertiary/aromatic N) is 2. The second-order valence-corrected chi connectivity index (χ2v) is 5.25. The van der Waals surface area contributed by atoms with E-state index in [1.165, 1.54) is 0 Å². The molecule has 0 saturated carbocycles. The van der Waals surface area contributed by atoms with Gasteiger partial charge in [0.2, 0.25) is 0 Å². The lowest BCUT2D eigenvalue weighted by Gasteiger charge is -2.15. The van der Waals surface area contributed by atoms with Crippen LogP contribution in [0.3, 0.4) is 0 Å². The van der Waals surface area contributed by atoms with Gasteiger partial charge < -0.3 is 11.1 Å². The number of nitrogens with one attached hydrogen (secondary N) is 1. The highest BCUT2D eigenvalue weighted by atomic mass is 15.0. The highest BCUT2D eigenvalue weighted by Gasteiger charge is 2.07. The Labute approximate surface area is 104 Å². The summed E-state index contributed by atoms with van der Waals surface area (Å²) in [6.07, 6.45) is 2.63. The van der Waals surface area contributed by atoms with Crippen molar-refractivity contribution in [3.63, 3.8) is 0 Å². The predicted octanol–water partition coefficient (Wildman–Crippen LogP) is 2.39. The SMILES string of the molecule is CC(C)CC(N)CNc1cc(C(C)C)ncn1. The van der Waals surface area contributed by atoms with Gasteiger partial charge in [-0.05, 0) is 18.3 Å². The van der Waals surface area contributed by atoms with Crippen molar-refractivity contribution >= 4 is 5.82 Å². The van der Waals surface area contributed by atoms with E-state index in [1.54, 1.807) is 6.33 Å². The van der Waals surface area contributed by atoms with Crippen LogP contribution < -0.4 is 11.1 Å². The van der Waals surface area contributed by atoms with Gasteiger partial charge in [0.25, 0.3) is 0 Å². The second kappa shape index (κ2) is 6.55. The molecule has 0 spiro atoms. The molecule has 1 rings (SSSR count). The van der Waals surface area contributed by atoms with E-state index in [2.05, 4.69) is 43.0 Å². The minimum atomic E-state index is 0.174. The van der Waals surface area contributed by atoms with Crippen molar-refractivity contribution in [2.75, 3.05) is 11.9 Å². The largest absolute Gasteiger partial charge is 0.368 e. The maximum atomic E-state index is 6.01. The number of hydrogen-bond donors (Lipinski definition) is 2. The lowest BCUT2D eigenvalue weighted by Crippen LogP contribution is -2.30. The van der Waals surface area contributed by atoms with Gasteiger partial charge in [0.1, 0.15) is 12.1 Å². The van der Waals surface area contributed by atoms with Crippen LogP contribution in [0, 0.1) is 5.92 Å². The van der Waals surface area contributed by atoms with E-state index >= 15 is 0 Å². The zero-order chi connectivity index (χ0) is 12.8. The number of hydrogen-bond acceptors (Lipinski definition) is 4. The van der Waals surface area contributed by atoms with Crippen LogP contribution in [0.1, 0.15) is 45.7 Å². The van der Waals surface area contributed by atoms with Crippen LogP contribution in [0.25, 0.3) is 0 Å². The van der Waals surface area contributed by atoms with Gasteiger partial charge in [-0.15, -0.1) is 0 Å². The first-order valence-corrected chi connectivity index (χ1v) is 6.30. The van der Waals surface area contributed by atoms with Crippen LogP contribution in [0.2, 0.25) is 0 Å². The molecule has 0 aromatic carbocycles. The first-order chi connectivity index (χ1) is 7.99. The van der Waals surface area contributed by atoms with Crippen molar-refractivity contribution in [1.29, 1.82) is 0 Å². The second-order valence-electron chi connectivity index (χ2n) is 5.25. The molecule has 0 bridgehead atoms. The zero-order valence-electron chi connectivity index (χ0n) is 11.3. The summed E-state index contributed by atoms with van der Waals surface area (Å²) in [4.78, 5) is 8.43. The summed E-state index contributed by atoms with van der Waals surface area (Å²) < 4.78 is 0. The predicted molar refractivity (Wildman–Crippen MR) is 72.0 cm³/mol. The van der Waals surface area contributed by atoms with Crippen LogP contribution in [0.15, 0.2) is 12.4 Å². The zero-order valence-corrected chi connectivity index (χ0v) is 11.3. The van der Waals surface area contributed by atoms with Gasteiger partial charge in [-0.2, -0.15) is 0 Å². The van der Waals surface area contributed by atoms with Crippen molar-refractivity contribution in [3.05, 3.63) is 18.1 Å². The smallest absolute Gasteiger partial charge is 0.129 e. The first-order valence-electron chi connectivity index (χ1n) is 6.30. The summed E-state index contributed by atoms with van der Waals surface area (Å²) in [5, 5.41) is 3.27. The monoisotopic (exact) mass is 236 g/mol. The highest BCUT2D eigenvalue weighted by Crippen LogP contribution is 2.13. The molecule has 1 atom stereocenters. The quantitative estimate of drug-likeness (QED) is 0.796. The summed E-state index contributed by atoms with van der Waals surface area (Å²) in [5.41, 5.74) is 7.07. The third-order valence-electron chi connectivity index (χ3n) is 2.60. The number of anilines is 1. The minimum Gasteiger partial charge on any atom is -0.368 e. The molecule has 0 aliphatic carbocycles. The van der Waals surface area contributed by atoms with Crippen molar-refractivity contribution in [3.8, 4) is 0 Å². The Balaban J connectivity index is 2.49. The Morgan fingerprint density at radius 2 is 1.94 bits per heavy atom. The minimum absolute atomic E-state index is 0.174. The average Bonchev–Trinajstić information content (AvgIpc) is 2.26. The van der Waals surface area contributed by atoms with Crippen LogP contribution in [-0.4, -0.2) is 22.6 Å². The molecular weight excluding hydrogens is 212 g/mol. The van der Waals surface area contributed by atoms with E-state index in [0.29, 0.717) is 11.8 Å². The van der Waals surface area contributed by atoms with Gasteiger partial charge in [0.05, 0.1) is 0 Å². The van der Waals surface area contributed by atoms with Gasteiger partial charge >= 0.3 is 0 Å². The van der Waals surface area contributed by atoms with E-state index in [-0.39, 0.29) is 6.04 Å². The van der Waals surface area contributed by atoms with Crippen molar-refractivity contribution in [2.45, 2.75) is 46.1 Å². The van der Waals surface area contributed by atoms with Gasteiger partial charge in [-0.25, -0.2) is 9.97 Å². The lowest BCUT2D eigenvalue weighted by atomic mass is 10.0. The fraction of sp³-hybridized carbons (Fsp3) is 0.692. The topological polar surface area (TPSA) is 63.8 Å². The average molecular weight is 236 g/mol. The number of rotatable bonds is 6. The molecule has 1 aromatic rings. The molecule has 96 valence electrons. The molecule has 0 amide bonds. The molecular formula is C13H24N4. The van der Waals surface area contributed by atoms with Crippen LogP contribution in [0.4, 0.5) is 5.82 Å². The molecule has 0 aliphatic rings. The molecule has 4 nitrogen and oxygen atoms in total. The third kappa shape index (κ3) is 5.13. The van der Waals surface area contributed by atoms with Crippen molar-refractivity contribution in [1.82, 2.24) is 9.97 Å². The van der Waals surface area contributed by atoms with Crippen LogP contribution in [-0.2, 0) is 0 Å². The van der Waals surface area contributed by atoms with E-state index in [1.807, 2.05) is 6.07 Å². The molecule has 0 aliphatic heterocycles. The fourth-order valence-electron chi connectivity index (χ4n) is 1.71. The summed E-state index contributed by atoms with van der Waals surface area (Å²) in [6, 6.07) is 2.17. The van der Waals surface area contributed by atoms with Crippen LogP contribution in [0.5, 0.6) is 0 Å². The Morgan fingerprint density at radius 1 is 1.24 bits per heavy atom. The van der Waals surface area contributed by atoms with E-state index in [4.69, 9.17) is 5.73 Å². The molecule has 0 saturated heterocycles. The summed E-state index contributed by atoms with van der Waals surface area (Å²) in [5.74, 6) is 1.91. The lowest BCUT2D eigenvalue weighted by molar-refractivity contribution is 0.508. The standard InChI is InChI=1S/C13H24N4/c1-9(2)5-11(14)7-15-13-6-12(10(3)4)16-8-17-13/h6,8-11H,5,7,14H2,1-4H3,(H,15,16,17). The molecule has 3 N–H and O–H groups in total. The van der Waals surface area contributed by atoms with Gasteiger partial charge in [-0.1, -0.05) is 27.7 Å². The van der Waals surface area contributed by atoms with Crippen LogP contribution >= 0.6 is 0 Å². The van der Waals surface area contributed by atoms with E-state index in [0.717, 1.165) is 24.5 Å². The summed E-state index contributed by atoms with van der Waals surface area (Å²) in [7, 11) is 0. The van der Waals surface area contributed by atoms with Gasteiger partial charge in [0.15, 0.2) is 0 Å². The Kier molecular flexibility index (Phi) is 5.35. The Bertz CT molecular complexity index is 336. The normalized spacial score (nSPS) is 13.1.